The summed E-state index contributed by atoms with van der Waals surface area (Å²) in [4.78, 5) is 17.9. The fourth-order valence-corrected chi connectivity index (χ4v) is 4.65. The summed E-state index contributed by atoms with van der Waals surface area (Å²) >= 11 is 1.54. The van der Waals surface area contributed by atoms with Crippen molar-refractivity contribution in [3.8, 4) is 11.5 Å². The summed E-state index contributed by atoms with van der Waals surface area (Å²) in [5.74, 6) is 2.26. The molecule has 9 heteroatoms. The lowest BCUT2D eigenvalue weighted by atomic mass is 9.95. The number of anilines is 1. The number of esters is 1. The van der Waals surface area contributed by atoms with Gasteiger partial charge < -0.3 is 19.5 Å². The molecule has 196 valence electrons. The van der Waals surface area contributed by atoms with Gasteiger partial charge in [-0.25, -0.2) is 9.48 Å². The third-order valence-corrected chi connectivity index (χ3v) is 6.49. The Morgan fingerprint density at radius 1 is 1.08 bits per heavy atom. The largest absolute Gasteiger partial charge is 0.490 e. The molecule has 1 aromatic heterocycles. The van der Waals surface area contributed by atoms with Gasteiger partial charge in [-0.1, -0.05) is 54.6 Å². The molecule has 4 rings (SSSR count). The van der Waals surface area contributed by atoms with Gasteiger partial charge in [-0.15, -0.1) is 5.10 Å². The van der Waals surface area contributed by atoms with Crippen LogP contribution in [0.1, 0.15) is 57.4 Å². The Hall–Kier alpha value is -3.46. The van der Waals surface area contributed by atoms with Crippen molar-refractivity contribution in [1.29, 1.82) is 0 Å². The minimum absolute atomic E-state index is 0.256. The first-order valence-electron chi connectivity index (χ1n) is 12.5. The molecule has 1 N–H and O–H groups in total. The van der Waals surface area contributed by atoms with Crippen LogP contribution >= 0.6 is 11.8 Å². The van der Waals surface area contributed by atoms with Crippen molar-refractivity contribution < 1.29 is 19.0 Å². The zero-order valence-corrected chi connectivity index (χ0v) is 23.0. The molecule has 2 aromatic carbocycles. The van der Waals surface area contributed by atoms with Crippen LogP contribution in [0.4, 0.5) is 5.95 Å². The summed E-state index contributed by atoms with van der Waals surface area (Å²) in [7, 11) is 0. The van der Waals surface area contributed by atoms with E-state index in [1.54, 1.807) is 16.4 Å². The molecule has 37 heavy (non-hydrogen) atoms. The maximum Gasteiger partial charge on any atom is 0.338 e. The van der Waals surface area contributed by atoms with E-state index >= 15 is 0 Å². The molecule has 0 saturated carbocycles. The summed E-state index contributed by atoms with van der Waals surface area (Å²) in [6.07, 6.45) is -0.256. The number of aromatic nitrogens is 3. The van der Waals surface area contributed by atoms with Gasteiger partial charge >= 0.3 is 5.97 Å². The number of hydrogen-bond donors (Lipinski definition) is 1. The second-order valence-corrected chi connectivity index (χ2v) is 10.3. The van der Waals surface area contributed by atoms with Gasteiger partial charge in [0.2, 0.25) is 11.1 Å². The van der Waals surface area contributed by atoms with E-state index in [2.05, 4.69) is 41.5 Å². The summed E-state index contributed by atoms with van der Waals surface area (Å²) in [6.45, 7) is 12.5. The number of rotatable bonds is 10. The van der Waals surface area contributed by atoms with Crippen LogP contribution < -0.4 is 14.8 Å². The smallest absolute Gasteiger partial charge is 0.338 e. The van der Waals surface area contributed by atoms with E-state index in [0.717, 1.165) is 16.9 Å². The molecule has 2 heterocycles. The number of carbonyl (C=O) groups is 1. The minimum atomic E-state index is -0.536. The Labute approximate surface area is 222 Å². The predicted octanol–water partition coefficient (Wildman–Crippen LogP) is 5.92. The normalized spacial score (nSPS) is 14.8. The Balaban J connectivity index is 1.73. The molecule has 0 fully saturated rings. The summed E-state index contributed by atoms with van der Waals surface area (Å²) in [6, 6.07) is 13.4. The number of benzene rings is 2. The highest BCUT2D eigenvalue weighted by Gasteiger charge is 2.36. The molecule has 1 aliphatic rings. The van der Waals surface area contributed by atoms with Crippen LogP contribution in [0.2, 0.25) is 0 Å². The first-order chi connectivity index (χ1) is 17.8. The maximum atomic E-state index is 13.3. The number of nitrogens with zero attached hydrogens (tertiary/aromatic N) is 3. The molecule has 0 saturated heterocycles. The van der Waals surface area contributed by atoms with E-state index < -0.39 is 12.0 Å². The number of ether oxygens (including phenoxy) is 3. The molecule has 0 spiro atoms. The van der Waals surface area contributed by atoms with Crippen molar-refractivity contribution in [2.45, 2.75) is 65.5 Å². The number of nitrogens with one attached hydrogen (secondary N) is 1. The predicted molar refractivity (Wildman–Crippen MR) is 145 cm³/mol. The van der Waals surface area contributed by atoms with Gasteiger partial charge in [0.1, 0.15) is 12.6 Å². The van der Waals surface area contributed by atoms with Crippen LogP contribution in [0, 0.1) is 6.92 Å². The second-order valence-electron chi connectivity index (χ2n) is 9.03. The molecule has 1 unspecified atom stereocenters. The third kappa shape index (κ3) is 6.10. The number of fused-ring (bicyclic) bond motifs is 1. The van der Waals surface area contributed by atoms with Crippen molar-refractivity contribution in [1.82, 2.24) is 14.8 Å². The summed E-state index contributed by atoms with van der Waals surface area (Å²) in [5.41, 5.74) is 4.26. The van der Waals surface area contributed by atoms with Gasteiger partial charge in [0.05, 0.1) is 18.3 Å². The number of aryl methyl sites for hydroxylation is 1. The second kappa shape index (κ2) is 11.7. The SMILES string of the molecule is CCOc1cc(C2C(C(=O)OC(C)C)=C(C)Nc3nc(SCC)nn32)ccc1OCc1ccc(C)cc1. The highest BCUT2D eigenvalue weighted by atomic mass is 32.2. The van der Waals surface area contributed by atoms with Gasteiger partial charge in [0.25, 0.3) is 0 Å². The van der Waals surface area contributed by atoms with Gasteiger partial charge in [0, 0.05) is 5.70 Å². The topological polar surface area (TPSA) is 87.5 Å². The van der Waals surface area contributed by atoms with Gasteiger partial charge in [0.15, 0.2) is 11.5 Å². The Bertz CT molecular complexity index is 1280. The van der Waals surface area contributed by atoms with Crippen molar-refractivity contribution in [3.63, 3.8) is 0 Å². The molecule has 1 atom stereocenters. The lowest BCUT2D eigenvalue weighted by Gasteiger charge is -2.29. The van der Waals surface area contributed by atoms with E-state index in [1.807, 2.05) is 52.8 Å². The van der Waals surface area contributed by atoms with Crippen LogP contribution in [0.3, 0.4) is 0 Å². The molecule has 3 aromatic rings. The zero-order chi connectivity index (χ0) is 26.5. The lowest BCUT2D eigenvalue weighted by molar-refractivity contribution is -0.143. The Morgan fingerprint density at radius 3 is 2.51 bits per heavy atom. The number of carbonyl (C=O) groups excluding carboxylic acids is 1. The highest BCUT2D eigenvalue weighted by Crippen LogP contribution is 2.40. The lowest BCUT2D eigenvalue weighted by Crippen LogP contribution is -2.30. The summed E-state index contributed by atoms with van der Waals surface area (Å²) < 4.78 is 19.5. The summed E-state index contributed by atoms with van der Waals surface area (Å²) in [5, 5.41) is 8.60. The van der Waals surface area contributed by atoms with Gasteiger partial charge in [-0.2, -0.15) is 4.98 Å². The zero-order valence-electron chi connectivity index (χ0n) is 22.2. The van der Waals surface area contributed by atoms with Crippen LogP contribution in [0.15, 0.2) is 58.9 Å². The van der Waals surface area contributed by atoms with Crippen molar-refractivity contribution in [2.75, 3.05) is 17.7 Å². The van der Waals surface area contributed by atoms with Crippen LogP contribution in [0.25, 0.3) is 0 Å². The molecule has 0 radical (unpaired) electrons. The average Bonchev–Trinajstić information content (AvgIpc) is 3.25. The van der Waals surface area contributed by atoms with Crippen LogP contribution in [-0.4, -0.2) is 39.2 Å². The highest BCUT2D eigenvalue weighted by molar-refractivity contribution is 7.99. The first-order valence-corrected chi connectivity index (χ1v) is 13.5. The van der Waals surface area contributed by atoms with E-state index in [1.165, 1.54) is 5.56 Å². The number of thioether (sulfide) groups is 1. The van der Waals surface area contributed by atoms with Crippen LogP contribution in [-0.2, 0) is 16.1 Å². The molecular formula is C28H34N4O4S. The third-order valence-electron chi connectivity index (χ3n) is 5.77. The molecule has 0 bridgehead atoms. The fraction of sp³-hybridized carbons (Fsp3) is 0.393. The van der Waals surface area contributed by atoms with E-state index in [4.69, 9.17) is 19.3 Å². The van der Waals surface area contributed by atoms with Gasteiger partial charge in [-0.3, -0.25) is 0 Å². The Kier molecular flexibility index (Phi) is 8.43. The Morgan fingerprint density at radius 2 is 1.84 bits per heavy atom. The quantitative estimate of drug-likeness (QED) is 0.259. The molecule has 0 aliphatic carbocycles. The molecule has 1 aliphatic heterocycles. The first kappa shape index (κ1) is 26.6. The molecule has 0 amide bonds. The monoisotopic (exact) mass is 522 g/mol. The number of allylic oxidation sites excluding steroid dienone is 1. The average molecular weight is 523 g/mol. The van der Waals surface area contributed by atoms with Crippen LogP contribution in [0.5, 0.6) is 11.5 Å². The fourth-order valence-electron chi connectivity index (χ4n) is 4.10. The molecule has 8 nitrogen and oxygen atoms in total. The number of hydrogen-bond acceptors (Lipinski definition) is 8. The van der Waals surface area contributed by atoms with Gasteiger partial charge in [-0.05, 0) is 63.6 Å². The van der Waals surface area contributed by atoms with E-state index in [-0.39, 0.29) is 6.10 Å². The minimum Gasteiger partial charge on any atom is -0.490 e. The standard InChI is InChI=1S/C28H34N4O4S/c1-7-34-23-15-21(13-14-22(23)35-16-20-11-9-18(5)10-12-20)25-24(26(33)36-17(3)4)19(6)29-27-30-28(37-8-2)31-32(25)27/h9-15,17,25H,7-8,16H2,1-6H3,(H,29,30,31). The van der Waals surface area contributed by atoms with Crippen molar-refractivity contribution in [2.24, 2.45) is 0 Å². The maximum absolute atomic E-state index is 13.3. The molecular weight excluding hydrogens is 488 g/mol. The van der Waals surface area contributed by atoms with Crippen molar-refractivity contribution >= 4 is 23.7 Å². The van der Waals surface area contributed by atoms with Crippen molar-refractivity contribution in [3.05, 3.63) is 70.4 Å². The van der Waals surface area contributed by atoms with E-state index in [0.29, 0.717) is 47.1 Å². The van der Waals surface area contributed by atoms with E-state index in [9.17, 15) is 4.79 Å².